The van der Waals surface area contributed by atoms with Crippen molar-refractivity contribution in [2.45, 2.75) is 52.0 Å². The number of nitrogens with two attached hydrogens (primary N) is 1. The molecule has 98 valence electrons. The number of nitrogens with zero attached hydrogens (tertiary/aromatic N) is 2. The number of carbonyl (C=O) groups is 1. The van der Waals surface area contributed by atoms with Gasteiger partial charge in [0, 0.05) is 12.6 Å². The predicted molar refractivity (Wildman–Crippen MR) is 66.8 cm³/mol. The molecular formula is C12H23N3O2. The van der Waals surface area contributed by atoms with Gasteiger partial charge < -0.3 is 15.8 Å². The first kappa shape index (κ1) is 13.8. The summed E-state index contributed by atoms with van der Waals surface area (Å²) in [6.07, 6.45) is 4.59. The van der Waals surface area contributed by atoms with Crippen LogP contribution in [0.2, 0.25) is 0 Å². The number of rotatable bonds is 7. The summed E-state index contributed by atoms with van der Waals surface area (Å²) in [5, 5.41) is 11.7. The van der Waals surface area contributed by atoms with Gasteiger partial charge in [0.25, 0.3) is 0 Å². The number of amides is 1. The zero-order valence-corrected chi connectivity index (χ0v) is 10.7. The quantitative estimate of drug-likeness (QED) is 0.307. The molecule has 0 aromatic heterocycles. The number of carbonyl (C=O) groups excluding carboxylic acids is 1. The summed E-state index contributed by atoms with van der Waals surface area (Å²) >= 11 is 0. The van der Waals surface area contributed by atoms with Gasteiger partial charge >= 0.3 is 0 Å². The van der Waals surface area contributed by atoms with E-state index in [1.807, 2.05) is 11.8 Å². The minimum atomic E-state index is -0.461. The predicted octanol–water partition coefficient (Wildman–Crippen LogP) is 1.55. The monoisotopic (exact) mass is 241 g/mol. The molecule has 0 radical (unpaired) electrons. The van der Waals surface area contributed by atoms with Crippen molar-refractivity contribution in [1.82, 2.24) is 4.90 Å². The molecule has 1 atom stereocenters. The molecule has 5 heteroatoms. The van der Waals surface area contributed by atoms with Gasteiger partial charge in [-0.3, -0.25) is 4.79 Å². The van der Waals surface area contributed by atoms with Gasteiger partial charge in [-0.25, -0.2) is 0 Å². The molecule has 0 spiro atoms. The lowest BCUT2D eigenvalue weighted by Gasteiger charge is -2.26. The molecule has 17 heavy (non-hydrogen) atoms. The molecule has 1 amide bonds. The Balaban J connectivity index is 2.73. The molecule has 0 heterocycles. The summed E-state index contributed by atoms with van der Waals surface area (Å²) < 4.78 is 0. The van der Waals surface area contributed by atoms with Crippen LogP contribution in [0.25, 0.3) is 0 Å². The van der Waals surface area contributed by atoms with E-state index in [9.17, 15) is 4.79 Å². The van der Waals surface area contributed by atoms with Crippen LogP contribution in [0, 0.1) is 5.92 Å². The van der Waals surface area contributed by atoms with E-state index < -0.39 is 5.92 Å². The Hall–Kier alpha value is -1.26. The van der Waals surface area contributed by atoms with Gasteiger partial charge in [-0.05, 0) is 25.7 Å². The average Bonchev–Trinajstić information content (AvgIpc) is 3.15. The second-order valence-corrected chi connectivity index (χ2v) is 4.63. The van der Waals surface area contributed by atoms with Crippen LogP contribution in [0.15, 0.2) is 5.16 Å². The number of hydrogen-bond donors (Lipinski definition) is 2. The maximum absolute atomic E-state index is 12.4. The van der Waals surface area contributed by atoms with Gasteiger partial charge in [-0.15, -0.1) is 0 Å². The van der Waals surface area contributed by atoms with Crippen LogP contribution in [0.3, 0.4) is 0 Å². The SMILES string of the molecule is CCCC(C(=O)N(CCC)C1CC1)/C(N)=N/O. The van der Waals surface area contributed by atoms with Gasteiger partial charge in [-0.2, -0.15) is 0 Å². The second-order valence-electron chi connectivity index (χ2n) is 4.63. The van der Waals surface area contributed by atoms with Crippen molar-refractivity contribution in [1.29, 1.82) is 0 Å². The zero-order chi connectivity index (χ0) is 12.8. The maximum atomic E-state index is 12.4. The first-order valence-corrected chi connectivity index (χ1v) is 6.43. The van der Waals surface area contributed by atoms with Crippen LogP contribution in [0.4, 0.5) is 0 Å². The first-order chi connectivity index (χ1) is 8.15. The standard InChI is InChI=1S/C12H23N3O2/c1-3-5-10(11(13)14-17)12(16)15(8-4-2)9-6-7-9/h9-10,17H,3-8H2,1-2H3,(H2,13,14). The fourth-order valence-electron chi connectivity index (χ4n) is 2.06. The van der Waals surface area contributed by atoms with Crippen LogP contribution < -0.4 is 5.73 Å². The molecule has 5 nitrogen and oxygen atoms in total. The highest BCUT2D eigenvalue weighted by Crippen LogP contribution is 2.29. The third kappa shape index (κ3) is 3.61. The Morgan fingerprint density at radius 3 is 2.53 bits per heavy atom. The summed E-state index contributed by atoms with van der Waals surface area (Å²) in [4.78, 5) is 14.3. The molecule has 0 aromatic carbocycles. The highest BCUT2D eigenvalue weighted by atomic mass is 16.4. The van der Waals surface area contributed by atoms with Crippen LogP contribution in [-0.2, 0) is 4.79 Å². The van der Waals surface area contributed by atoms with Crippen LogP contribution in [-0.4, -0.2) is 34.4 Å². The number of oxime groups is 1. The van der Waals surface area contributed by atoms with Gasteiger partial charge in [0.2, 0.25) is 5.91 Å². The molecule has 0 aromatic rings. The van der Waals surface area contributed by atoms with Gasteiger partial charge in [0.1, 0.15) is 0 Å². The van der Waals surface area contributed by atoms with Crippen molar-refractivity contribution in [2.24, 2.45) is 16.8 Å². The van der Waals surface area contributed by atoms with Gasteiger partial charge in [0.05, 0.1) is 5.92 Å². The second kappa shape index (κ2) is 6.47. The Labute approximate surface area is 103 Å². The van der Waals surface area contributed by atoms with Crippen LogP contribution in [0.1, 0.15) is 46.0 Å². The third-order valence-electron chi connectivity index (χ3n) is 3.08. The average molecular weight is 241 g/mol. The lowest BCUT2D eigenvalue weighted by molar-refractivity contribution is -0.134. The molecule has 0 bridgehead atoms. The van der Waals surface area contributed by atoms with Crippen LogP contribution in [0.5, 0.6) is 0 Å². The molecule has 0 saturated heterocycles. The van der Waals surface area contributed by atoms with Crippen LogP contribution >= 0.6 is 0 Å². The smallest absolute Gasteiger partial charge is 0.233 e. The molecule has 1 unspecified atom stereocenters. The third-order valence-corrected chi connectivity index (χ3v) is 3.08. The first-order valence-electron chi connectivity index (χ1n) is 6.43. The van der Waals surface area contributed by atoms with E-state index in [1.165, 1.54) is 0 Å². The zero-order valence-electron chi connectivity index (χ0n) is 10.7. The topological polar surface area (TPSA) is 78.9 Å². The molecule has 1 fully saturated rings. The van der Waals surface area contributed by atoms with E-state index in [4.69, 9.17) is 10.9 Å². The molecule has 1 aliphatic carbocycles. The van der Waals surface area contributed by atoms with Crippen molar-refractivity contribution >= 4 is 11.7 Å². The van der Waals surface area contributed by atoms with E-state index in [2.05, 4.69) is 12.1 Å². The van der Waals surface area contributed by atoms with Crippen molar-refractivity contribution in [2.75, 3.05) is 6.54 Å². The number of amidine groups is 1. The van der Waals surface area contributed by atoms with E-state index in [0.29, 0.717) is 12.5 Å². The molecule has 1 aliphatic rings. The van der Waals surface area contributed by atoms with Crippen molar-refractivity contribution in [3.8, 4) is 0 Å². The lowest BCUT2D eigenvalue weighted by atomic mass is 10.0. The van der Waals surface area contributed by atoms with E-state index in [0.717, 1.165) is 32.2 Å². The van der Waals surface area contributed by atoms with E-state index in [1.54, 1.807) is 0 Å². The molecular weight excluding hydrogens is 218 g/mol. The summed E-state index contributed by atoms with van der Waals surface area (Å²) in [7, 11) is 0. The minimum absolute atomic E-state index is 0.0199. The van der Waals surface area contributed by atoms with E-state index >= 15 is 0 Å². The van der Waals surface area contributed by atoms with Crippen molar-refractivity contribution in [3.63, 3.8) is 0 Å². The Morgan fingerprint density at radius 1 is 1.47 bits per heavy atom. The molecule has 1 saturated carbocycles. The normalized spacial score (nSPS) is 17.9. The fourth-order valence-corrected chi connectivity index (χ4v) is 2.06. The van der Waals surface area contributed by atoms with E-state index in [-0.39, 0.29) is 11.7 Å². The fraction of sp³-hybridized carbons (Fsp3) is 0.833. The Bertz CT molecular complexity index is 287. The summed E-state index contributed by atoms with van der Waals surface area (Å²) in [5.41, 5.74) is 5.61. The molecule has 0 aliphatic heterocycles. The molecule has 3 N–H and O–H groups in total. The Morgan fingerprint density at radius 2 is 2.12 bits per heavy atom. The lowest BCUT2D eigenvalue weighted by Crippen LogP contribution is -2.43. The minimum Gasteiger partial charge on any atom is -0.409 e. The van der Waals surface area contributed by atoms with Crippen molar-refractivity contribution < 1.29 is 10.0 Å². The van der Waals surface area contributed by atoms with Crippen molar-refractivity contribution in [3.05, 3.63) is 0 Å². The van der Waals surface area contributed by atoms with Gasteiger partial charge in [-0.1, -0.05) is 25.4 Å². The Kier molecular flexibility index (Phi) is 5.25. The molecule has 1 rings (SSSR count). The largest absolute Gasteiger partial charge is 0.409 e. The van der Waals surface area contributed by atoms with Gasteiger partial charge in [0.15, 0.2) is 5.84 Å². The summed E-state index contributed by atoms with van der Waals surface area (Å²) in [5.74, 6) is -0.401. The highest BCUT2D eigenvalue weighted by molar-refractivity contribution is 6.02. The highest BCUT2D eigenvalue weighted by Gasteiger charge is 2.36. The maximum Gasteiger partial charge on any atom is 0.233 e. The summed E-state index contributed by atoms with van der Waals surface area (Å²) in [6, 6.07) is 0.383. The summed E-state index contributed by atoms with van der Waals surface area (Å²) in [6.45, 7) is 4.82. The number of hydrogen-bond acceptors (Lipinski definition) is 3.